The largest absolute Gasteiger partial charge is 0.490 e. The Balaban J connectivity index is 0.000000318. The molecule has 0 aliphatic carbocycles. The monoisotopic (exact) mass is 428 g/mol. The minimum atomic E-state index is -5.08. The smallest absolute Gasteiger partial charge is 0.475 e. The lowest BCUT2D eigenvalue weighted by atomic mass is 10.4. The van der Waals surface area contributed by atoms with Crippen molar-refractivity contribution in [3.8, 4) is 0 Å². The Morgan fingerprint density at radius 1 is 1.17 bits per heavy atom. The van der Waals surface area contributed by atoms with Gasteiger partial charge in [0.25, 0.3) is 0 Å². The van der Waals surface area contributed by atoms with Gasteiger partial charge in [0.2, 0.25) is 5.95 Å². The maximum Gasteiger partial charge on any atom is 0.490 e. The molecular formula is C16H16F4N8O2. The molecule has 0 unspecified atom stereocenters. The second-order valence-corrected chi connectivity index (χ2v) is 6.20. The summed E-state index contributed by atoms with van der Waals surface area (Å²) in [5.41, 5.74) is 0. The molecule has 3 aromatic heterocycles. The number of nitrogens with zero attached hydrogens (tertiary/aromatic N) is 8. The van der Waals surface area contributed by atoms with E-state index in [9.17, 15) is 17.6 Å². The molecule has 0 aromatic carbocycles. The maximum absolute atomic E-state index is 13.0. The fourth-order valence-electron chi connectivity index (χ4n) is 2.72. The van der Waals surface area contributed by atoms with Gasteiger partial charge in [-0.2, -0.15) is 13.2 Å². The van der Waals surface area contributed by atoms with E-state index < -0.39 is 18.0 Å². The van der Waals surface area contributed by atoms with Crippen molar-refractivity contribution in [2.75, 3.05) is 11.4 Å². The van der Waals surface area contributed by atoms with Crippen LogP contribution in [0.15, 0.2) is 31.1 Å². The number of carboxylic acid groups (broad SMARTS) is 1. The molecule has 0 spiro atoms. The lowest BCUT2D eigenvalue weighted by Crippen LogP contribution is -2.25. The van der Waals surface area contributed by atoms with Gasteiger partial charge in [-0.05, 0) is 6.42 Å². The topological polar surface area (TPSA) is 115 Å². The van der Waals surface area contributed by atoms with Gasteiger partial charge in [-0.15, -0.1) is 10.2 Å². The first-order valence-corrected chi connectivity index (χ1v) is 8.63. The zero-order valence-corrected chi connectivity index (χ0v) is 15.4. The molecule has 30 heavy (non-hydrogen) atoms. The number of hydrogen-bond donors (Lipinski definition) is 1. The molecule has 1 aliphatic heterocycles. The molecule has 0 saturated carbocycles. The number of rotatable bonds is 3. The molecule has 0 bridgehead atoms. The number of aromatic nitrogens is 7. The van der Waals surface area contributed by atoms with Crippen LogP contribution in [0.1, 0.15) is 18.1 Å². The molecule has 160 valence electrons. The van der Waals surface area contributed by atoms with Crippen LogP contribution in [0.5, 0.6) is 0 Å². The Labute approximate surface area is 166 Å². The molecule has 1 N–H and O–H groups in total. The van der Waals surface area contributed by atoms with Crippen molar-refractivity contribution in [1.82, 2.24) is 34.3 Å². The van der Waals surface area contributed by atoms with Crippen LogP contribution in [0.4, 0.5) is 23.5 Å². The predicted octanol–water partition coefficient (Wildman–Crippen LogP) is 1.50. The van der Waals surface area contributed by atoms with E-state index in [1.807, 2.05) is 15.7 Å². The van der Waals surface area contributed by atoms with Crippen molar-refractivity contribution in [3.05, 3.63) is 48.6 Å². The van der Waals surface area contributed by atoms with Crippen molar-refractivity contribution in [3.63, 3.8) is 0 Å². The third-order valence-corrected chi connectivity index (χ3v) is 4.06. The number of imidazole rings is 1. The molecule has 1 aliphatic rings. The summed E-state index contributed by atoms with van der Waals surface area (Å²) in [7, 11) is 0. The predicted molar refractivity (Wildman–Crippen MR) is 92.7 cm³/mol. The summed E-state index contributed by atoms with van der Waals surface area (Å²) in [6.45, 7) is 2.83. The van der Waals surface area contributed by atoms with E-state index in [1.165, 1.54) is 12.4 Å². The van der Waals surface area contributed by atoms with Gasteiger partial charge in [-0.25, -0.2) is 24.1 Å². The Kier molecular flexibility index (Phi) is 6.23. The highest BCUT2D eigenvalue weighted by atomic mass is 19.4. The van der Waals surface area contributed by atoms with Gasteiger partial charge < -0.3 is 19.1 Å². The van der Waals surface area contributed by atoms with E-state index in [0.29, 0.717) is 19.0 Å². The molecule has 0 atom stereocenters. The number of carbonyl (C=O) groups is 1. The standard InChI is InChI=1S/C14H15FN8.C2HF3O2/c15-11-6-17-14(18-7-11)22-3-1-4-23-12(19-20-13(23)9-22)8-21-5-2-16-10-21;3-2(4,5)1(6)7/h2,5-7,10H,1,3-4,8-9H2;(H,6,7). The van der Waals surface area contributed by atoms with Gasteiger partial charge in [0, 0.05) is 25.5 Å². The molecule has 0 amide bonds. The SMILES string of the molecule is Fc1cnc(N2CCCn3c(nnc3Cn3ccnc3)C2)nc1.O=C(O)C(F)(F)F. The van der Waals surface area contributed by atoms with Crippen LogP contribution in [0.3, 0.4) is 0 Å². The summed E-state index contributed by atoms with van der Waals surface area (Å²) in [6.07, 6.45) is 3.61. The van der Waals surface area contributed by atoms with E-state index >= 15 is 0 Å². The first kappa shape index (κ1) is 21.1. The highest BCUT2D eigenvalue weighted by molar-refractivity contribution is 5.73. The molecule has 14 heteroatoms. The number of carboxylic acids is 1. The lowest BCUT2D eigenvalue weighted by molar-refractivity contribution is -0.192. The summed E-state index contributed by atoms with van der Waals surface area (Å²) in [5, 5.41) is 15.7. The van der Waals surface area contributed by atoms with Crippen molar-refractivity contribution >= 4 is 11.9 Å². The second kappa shape index (κ2) is 8.84. The van der Waals surface area contributed by atoms with E-state index in [0.717, 1.165) is 31.2 Å². The minimum absolute atomic E-state index is 0.436. The van der Waals surface area contributed by atoms with Gasteiger partial charge in [0.15, 0.2) is 17.5 Å². The number of hydrogen-bond acceptors (Lipinski definition) is 7. The molecule has 10 nitrogen and oxygen atoms in total. The summed E-state index contributed by atoms with van der Waals surface area (Å²) in [6, 6.07) is 0. The van der Waals surface area contributed by atoms with E-state index in [2.05, 4.69) is 29.7 Å². The highest BCUT2D eigenvalue weighted by Crippen LogP contribution is 2.17. The quantitative estimate of drug-likeness (QED) is 0.624. The van der Waals surface area contributed by atoms with E-state index in [-0.39, 0.29) is 0 Å². The molecule has 0 saturated heterocycles. The normalized spacial score (nSPS) is 13.8. The van der Waals surface area contributed by atoms with Crippen molar-refractivity contribution in [1.29, 1.82) is 0 Å². The molecule has 4 heterocycles. The van der Waals surface area contributed by atoms with Gasteiger partial charge in [0.1, 0.15) is 0 Å². The minimum Gasteiger partial charge on any atom is -0.475 e. The number of alkyl halides is 3. The summed E-state index contributed by atoms with van der Waals surface area (Å²) >= 11 is 0. The van der Waals surface area contributed by atoms with Gasteiger partial charge >= 0.3 is 12.1 Å². The lowest BCUT2D eigenvalue weighted by Gasteiger charge is -2.18. The van der Waals surface area contributed by atoms with Crippen LogP contribution in [0.2, 0.25) is 0 Å². The van der Waals surface area contributed by atoms with Crippen LogP contribution in [-0.2, 0) is 24.4 Å². The van der Waals surface area contributed by atoms with Gasteiger partial charge in [0.05, 0.1) is 31.8 Å². The first-order valence-electron chi connectivity index (χ1n) is 8.63. The fourth-order valence-corrected chi connectivity index (χ4v) is 2.72. The average molecular weight is 428 g/mol. The summed E-state index contributed by atoms with van der Waals surface area (Å²) < 4.78 is 48.8. The third-order valence-electron chi connectivity index (χ3n) is 4.06. The number of aliphatic carboxylic acids is 1. The zero-order chi connectivity index (χ0) is 21.7. The number of anilines is 1. The first-order chi connectivity index (χ1) is 14.2. The van der Waals surface area contributed by atoms with Crippen LogP contribution in [0.25, 0.3) is 0 Å². The van der Waals surface area contributed by atoms with Crippen molar-refractivity contribution in [2.45, 2.75) is 32.2 Å². The molecule has 0 fully saturated rings. The van der Waals surface area contributed by atoms with Crippen LogP contribution < -0.4 is 4.90 Å². The Morgan fingerprint density at radius 2 is 1.87 bits per heavy atom. The molecule has 3 aromatic rings. The van der Waals surface area contributed by atoms with Crippen molar-refractivity contribution < 1.29 is 27.5 Å². The van der Waals surface area contributed by atoms with Crippen molar-refractivity contribution in [2.24, 2.45) is 0 Å². The molecular weight excluding hydrogens is 412 g/mol. The average Bonchev–Trinajstić information content (AvgIpc) is 3.27. The van der Waals surface area contributed by atoms with Gasteiger partial charge in [-0.1, -0.05) is 0 Å². The Hall–Kier alpha value is -3.58. The molecule has 0 radical (unpaired) electrons. The second-order valence-electron chi connectivity index (χ2n) is 6.20. The van der Waals surface area contributed by atoms with Crippen LogP contribution in [-0.4, -0.2) is 58.1 Å². The van der Waals surface area contributed by atoms with Gasteiger partial charge in [-0.3, -0.25) is 0 Å². The maximum atomic E-state index is 13.0. The molecule has 4 rings (SSSR count). The van der Waals surface area contributed by atoms with E-state index in [4.69, 9.17) is 9.90 Å². The summed E-state index contributed by atoms with van der Waals surface area (Å²) in [4.78, 5) is 23.0. The fraction of sp³-hybridized carbons (Fsp3) is 0.375. The highest BCUT2D eigenvalue weighted by Gasteiger charge is 2.38. The third kappa shape index (κ3) is 5.27. The Bertz CT molecular complexity index is 972. The zero-order valence-electron chi connectivity index (χ0n) is 15.4. The van der Waals surface area contributed by atoms with E-state index in [1.54, 1.807) is 12.5 Å². The van der Waals surface area contributed by atoms with Crippen LogP contribution >= 0.6 is 0 Å². The Morgan fingerprint density at radius 3 is 2.47 bits per heavy atom. The number of halogens is 4. The van der Waals surface area contributed by atoms with Crippen LogP contribution in [0, 0.1) is 5.82 Å². The number of fused-ring (bicyclic) bond motifs is 1. The summed E-state index contributed by atoms with van der Waals surface area (Å²) in [5.74, 6) is -0.911.